The Labute approximate surface area is 113 Å². The van der Waals surface area contributed by atoms with E-state index in [0.29, 0.717) is 5.69 Å². The Hall–Kier alpha value is -1.73. The maximum Gasteiger partial charge on any atom is 0.358 e. The Morgan fingerprint density at radius 1 is 1.47 bits per heavy atom. The molecule has 2 heterocycles. The minimum atomic E-state index is -1.10. The minimum Gasteiger partial charge on any atom is -0.476 e. The molecule has 2 atom stereocenters. The molecule has 1 fully saturated rings. The number of carboxylic acid groups (broad SMARTS) is 1. The van der Waals surface area contributed by atoms with E-state index in [4.69, 9.17) is 0 Å². The zero-order chi connectivity index (χ0) is 13.4. The van der Waals surface area contributed by atoms with Crippen molar-refractivity contribution in [2.75, 3.05) is 0 Å². The number of nitrogens with zero attached hydrogens (tertiary/aromatic N) is 3. The van der Waals surface area contributed by atoms with Crippen molar-refractivity contribution < 1.29 is 15.0 Å². The molecule has 2 N–H and O–H groups in total. The minimum absolute atomic E-state index is 0.0541. The fourth-order valence-electron chi connectivity index (χ4n) is 2.52. The second kappa shape index (κ2) is 4.75. The van der Waals surface area contributed by atoms with E-state index in [9.17, 15) is 15.0 Å². The number of carboxylic acids is 1. The average molecular weight is 279 g/mol. The predicted molar refractivity (Wildman–Crippen MR) is 69.2 cm³/mol. The predicted octanol–water partition coefficient (Wildman–Crippen LogP) is 1.79. The van der Waals surface area contributed by atoms with E-state index in [2.05, 4.69) is 10.3 Å². The van der Waals surface area contributed by atoms with Crippen LogP contribution in [0.15, 0.2) is 17.5 Å². The second-order valence-corrected chi connectivity index (χ2v) is 5.53. The summed E-state index contributed by atoms with van der Waals surface area (Å²) in [5.41, 5.74) is 0.440. The van der Waals surface area contributed by atoms with E-state index in [1.165, 1.54) is 11.3 Å². The first kappa shape index (κ1) is 12.3. The third kappa shape index (κ3) is 2.04. The maximum atomic E-state index is 11.3. The number of thiophene rings is 1. The smallest absolute Gasteiger partial charge is 0.358 e. The molecule has 6 nitrogen and oxygen atoms in total. The van der Waals surface area contributed by atoms with Gasteiger partial charge in [-0.3, -0.25) is 0 Å². The molecule has 7 heteroatoms. The highest BCUT2D eigenvalue weighted by atomic mass is 32.1. The van der Waals surface area contributed by atoms with Gasteiger partial charge in [-0.2, -0.15) is 0 Å². The van der Waals surface area contributed by atoms with Gasteiger partial charge in [0.25, 0.3) is 0 Å². The molecule has 0 amide bonds. The summed E-state index contributed by atoms with van der Waals surface area (Å²) < 4.78 is 1.58. The number of hydrogen-bond acceptors (Lipinski definition) is 5. The highest BCUT2D eigenvalue weighted by molar-refractivity contribution is 7.13. The third-order valence-electron chi connectivity index (χ3n) is 3.41. The van der Waals surface area contributed by atoms with Crippen molar-refractivity contribution in [3.05, 3.63) is 23.2 Å². The number of aliphatic hydroxyl groups excluding tert-OH is 1. The Balaban J connectivity index is 2.12. The lowest BCUT2D eigenvalue weighted by Crippen LogP contribution is -2.20. The molecule has 19 heavy (non-hydrogen) atoms. The third-order valence-corrected chi connectivity index (χ3v) is 4.29. The summed E-state index contributed by atoms with van der Waals surface area (Å²) in [6.07, 6.45) is 1.94. The van der Waals surface area contributed by atoms with Gasteiger partial charge in [-0.1, -0.05) is 11.3 Å². The van der Waals surface area contributed by atoms with Crippen LogP contribution in [0.1, 0.15) is 35.8 Å². The van der Waals surface area contributed by atoms with Crippen LogP contribution >= 0.6 is 11.3 Å². The number of hydrogen-bond donors (Lipinski definition) is 2. The highest BCUT2D eigenvalue weighted by Gasteiger charge is 2.32. The molecule has 2 unspecified atom stereocenters. The molecule has 0 bridgehead atoms. The summed E-state index contributed by atoms with van der Waals surface area (Å²) in [5, 5.41) is 28.8. The normalized spacial score (nSPS) is 22.8. The zero-order valence-electron chi connectivity index (χ0n) is 10.1. The van der Waals surface area contributed by atoms with Crippen LogP contribution in [0.5, 0.6) is 0 Å². The largest absolute Gasteiger partial charge is 0.476 e. The van der Waals surface area contributed by atoms with E-state index in [1.54, 1.807) is 4.68 Å². The molecule has 2 aromatic rings. The Morgan fingerprint density at radius 2 is 2.32 bits per heavy atom. The van der Waals surface area contributed by atoms with Gasteiger partial charge in [-0.25, -0.2) is 9.48 Å². The quantitative estimate of drug-likeness (QED) is 0.894. The average Bonchev–Trinajstić information content (AvgIpc) is 3.06. The van der Waals surface area contributed by atoms with Crippen LogP contribution < -0.4 is 0 Å². The second-order valence-electron chi connectivity index (χ2n) is 4.58. The number of carbonyl (C=O) groups is 1. The monoisotopic (exact) mass is 279 g/mol. The first-order valence-corrected chi connectivity index (χ1v) is 6.97. The van der Waals surface area contributed by atoms with Gasteiger partial charge in [0.15, 0.2) is 5.69 Å². The Kier molecular flexibility index (Phi) is 3.08. The molecule has 0 saturated heterocycles. The summed E-state index contributed by atoms with van der Waals surface area (Å²) in [6.45, 7) is 0. The van der Waals surface area contributed by atoms with E-state index >= 15 is 0 Å². The molecule has 0 aliphatic heterocycles. The molecule has 0 radical (unpaired) electrons. The van der Waals surface area contributed by atoms with E-state index in [-0.39, 0.29) is 11.7 Å². The summed E-state index contributed by atoms with van der Waals surface area (Å²) >= 11 is 1.44. The molecule has 1 aliphatic carbocycles. The molecule has 1 saturated carbocycles. The van der Waals surface area contributed by atoms with Crippen molar-refractivity contribution in [1.29, 1.82) is 0 Å². The van der Waals surface area contributed by atoms with Crippen molar-refractivity contribution in [3.8, 4) is 10.6 Å². The molecule has 2 aromatic heterocycles. The van der Waals surface area contributed by atoms with Gasteiger partial charge < -0.3 is 10.2 Å². The highest BCUT2D eigenvalue weighted by Crippen LogP contribution is 2.35. The molecule has 1 aliphatic rings. The van der Waals surface area contributed by atoms with Crippen LogP contribution in [-0.2, 0) is 0 Å². The molecule has 100 valence electrons. The van der Waals surface area contributed by atoms with Crippen LogP contribution in [0.3, 0.4) is 0 Å². The SMILES string of the molecule is O=C(O)c1nnn(C2CCCC2O)c1-c1cccs1. The fraction of sp³-hybridized carbons (Fsp3) is 0.417. The lowest BCUT2D eigenvalue weighted by atomic mass is 10.2. The number of rotatable bonds is 3. The number of aliphatic hydroxyl groups is 1. The topological polar surface area (TPSA) is 88.2 Å². The summed E-state index contributed by atoms with van der Waals surface area (Å²) in [5.74, 6) is -1.10. The lowest BCUT2D eigenvalue weighted by Gasteiger charge is -2.16. The molecular weight excluding hydrogens is 266 g/mol. The van der Waals surface area contributed by atoms with Gasteiger partial charge in [0.2, 0.25) is 0 Å². The van der Waals surface area contributed by atoms with Crippen LogP contribution in [0.2, 0.25) is 0 Å². The van der Waals surface area contributed by atoms with Crippen molar-refractivity contribution in [2.45, 2.75) is 31.4 Å². The van der Waals surface area contributed by atoms with Gasteiger partial charge in [0.1, 0.15) is 5.69 Å². The van der Waals surface area contributed by atoms with E-state index in [0.717, 1.165) is 24.1 Å². The van der Waals surface area contributed by atoms with Crippen LogP contribution in [0.25, 0.3) is 10.6 Å². The fourth-order valence-corrected chi connectivity index (χ4v) is 3.28. The van der Waals surface area contributed by atoms with Crippen LogP contribution in [0.4, 0.5) is 0 Å². The van der Waals surface area contributed by atoms with Crippen molar-refractivity contribution in [2.24, 2.45) is 0 Å². The van der Waals surface area contributed by atoms with Crippen molar-refractivity contribution >= 4 is 17.3 Å². The standard InChI is InChI=1S/C12H13N3O3S/c16-8-4-1-3-7(8)15-11(9-5-2-6-19-9)10(12(17)18)13-14-15/h2,5-8,16H,1,3-4H2,(H,17,18). The molecule has 3 rings (SSSR count). The zero-order valence-corrected chi connectivity index (χ0v) is 10.9. The first-order valence-electron chi connectivity index (χ1n) is 6.09. The summed E-state index contributed by atoms with van der Waals surface area (Å²) in [6, 6.07) is 3.51. The van der Waals surface area contributed by atoms with E-state index < -0.39 is 12.1 Å². The molecule has 0 spiro atoms. The maximum absolute atomic E-state index is 11.3. The van der Waals surface area contributed by atoms with Crippen molar-refractivity contribution in [3.63, 3.8) is 0 Å². The number of aromatic nitrogens is 3. The van der Waals surface area contributed by atoms with Gasteiger partial charge in [-0.05, 0) is 30.7 Å². The first-order chi connectivity index (χ1) is 9.18. The summed E-state index contributed by atoms with van der Waals surface area (Å²) in [7, 11) is 0. The summed E-state index contributed by atoms with van der Waals surface area (Å²) in [4.78, 5) is 12.1. The van der Waals surface area contributed by atoms with Gasteiger partial charge in [0, 0.05) is 0 Å². The van der Waals surface area contributed by atoms with Gasteiger partial charge in [-0.15, -0.1) is 16.4 Å². The Bertz CT molecular complexity index is 593. The van der Waals surface area contributed by atoms with Gasteiger partial charge >= 0.3 is 5.97 Å². The Morgan fingerprint density at radius 3 is 2.89 bits per heavy atom. The van der Waals surface area contributed by atoms with Gasteiger partial charge in [0.05, 0.1) is 17.0 Å². The van der Waals surface area contributed by atoms with Crippen molar-refractivity contribution in [1.82, 2.24) is 15.0 Å². The van der Waals surface area contributed by atoms with E-state index in [1.807, 2.05) is 17.5 Å². The molecular formula is C12H13N3O3S. The van der Waals surface area contributed by atoms with Crippen LogP contribution in [0, 0.1) is 0 Å². The number of aromatic carboxylic acids is 1. The molecule has 0 aromatic carbocycles. The lowest BCUT2D eigenvalue weighted by molar-refractivity contribution is 0.0691. The van der Waals surface area contributed by atoms with Crippen LogP contribution in [-0.4, -0.2) is 37.3 Å².